The molecule has 2 aromatic carbocycles. The van der Waals surface area contributed by atoms with Gasteiger partial charge in [-0.15, -0.1) is 0 Å². The molecule has 1 aromatic heterocycles. The van der Waals surface area contributed by atoms with Crippen LogP contribution in [0.5, 0.6) is 5.75 Å². The third-order valence-corrected chi connectivity index (χ3v) is 6.48. The summed E-state index contributed by atoms with van der Waals surface area (Å²) in [5.74, 6) is 0.825. The molecule has 31 heavy (non-hydrogen) atoms. The van der Waals surface area contributed by atoms with Crippen molar-refractivity contribution in [2.24, 2.45) is 4.99 Å². The molecule has 9 heteroatoms. The molecule has 1 atom stereocenters. The lowest BCUT2D eigenvalue weighted by atomic mass is 10.1. The number of ether oxygens (including phenoxy) is 1. The molecule has 2 N–H and O–H groups in total. The van der Waals surface area contributed by atoms with Crippen molar-refractivity contribution < 1.29 is 18.6 Å². The SMILES string of the molecule is CCOc1cc(F)c(Cn2nc(C3=NC(O)=C4CSCC4N3)c3ccccc32)c(F)c1. The standard InChI is InChI=1S/C22H20F2N4O2S/c1-2-30-12-7-16(23)14(17(24)8-12)9-28-19-6-4-3-5-13(19)20(27-28)21-25-18-11-31-10-15(18)22(29)26-21/h3-8,18,29H,2,9-11H2,1H3,(H,25,26). The fourth-order valence-electron chi connectivity index (χ4n) is 3.89. The van der Waals surface area contributed by atoms with Gasteiger partial charge in [0.15, 0.2) is 5.84 Å². The maximum absolute atomic E-state index is 14.6. The molecule has 0 bridgehead atoms. The molecule has 2 aliphatic rings. The zero-order valence-electron chi connectivity index (χ0n) is 16.7. The number of amidine groups is 1. The van der Waals surface area contributed by atoms with Gasteiger partial charge >= 0.3 is 0 Å². The molecule has 0 spiro atoms. The molecule has 1 fully saturated rings. The lowest BCUT2D eigenvalue weighted by Gasteiger charge is -2.20. The second-order valence-electron chi connectivity index (χ2n) is 7.34. The van der Waals surface area contributed by atoms with Gasteiger partial charge in [-0.2, -0.15) is 21.9 Å². The van der Waals surface area contributed by atoms with Gasteiger partial charge in [0.05, 0.1) is 24.7 Å². The van der Waals surface area contributed by atoms with Crippen molar-refractivity contribution >= 4 is 28.5 Å². The Balaban J connectivity index is 1.56. The van der Waals surface area contributed by atoms with Crippen LogP contribution in [0.4, 0.5) is 8.78 Å². The van der Waals surface area contributed by atoms with Gasteiger partial charge < -0.3 is 15.2 Å². The molecule has 3 heterocycles. The number of benzene rings is 2. The van der Waals surface area contributed by atoms with Gasteiger partial charge in [0.2, 0.25) is 5.88 Å². The molecule has 2 aliphatic heterocycles. The smallest absolute Gasteiger partial charge is 0.214 e. The second kappa shape index (κ2) is 7.88. The summed E-state index contributed by atoms with van der Waals surface area (Å²) in [5, 5.41) is 19.1. The third-order valence-electron chi connectivity index (χ3n) is 5.39. The van der Waals surface area contributed by atoms with Crippen LogP contribution in [0, 0.1) is 11.6 Å². The Hall–Kier alpha value is -3.07. The van der Waals surface area contributed by atoms with Crippen molar-refractivity contribution in [3.05, 3.63) is 70.7 Å². The molecule has 0 radical (unpaired) electrons. The van der Waals surface area contributed by atoms with E-state index < -0.39 is 11.6 Å². The predicted octanol–water partition coefficient (Wildman–Crippen LogP) is 4.00. The fraction of sp³-hybridized carbons (Fsp3) is 0.273. The van der Waals surface area contributed by atoms with Crippen LogP contribution in [0.1, 0.15) is 18.2 Å². The molecule has 1 unspecified atom stereocenters. The number of thioether (sulfide) groups is 1. The molecule has 1 saturated heterocycles. The first kappa shape index (κ1) is 19.9. The van der Waals surface area contributed by atoms with Gasteiger partial charge in [-0.25, -0.2) is 8.78 Å². The van der Waals surface area contributed by atoms with Crippen LogP contribution in [-0.2, 0) is 6.54 Å². The van der Waals surface area contributed by atoms with E-state index in [1.165, 1.54) is 12.1 Å². The number of rotatable bonds is 5. The highest BCUT2D eigenvalue weighted by atomic mass is 32.2. The Morgan fingerprint density at radius 3 is 2.81 bits per heavy atom. The van der Waals surface area contributed by atoms with Crippen LogP contribution in [0.2, 0.25) is 0 Å². The lowest BCUT2D eigenvalue weighted by Crippen LogP contribution is -2.40. The first-order valence-corrected chi connectivity index (χ1v) is 11.1. The van der Waals surface area contributed by atoms with Crippen LogP contribution in [0.15, 0.2) is 52.8 Å². The lowest BCUT2D eigenvalue weighted by molar-refractivity contribution is 0.335. The van der Waals surface area contributed by atoms with E-state index >= 15 is 0 Å². The zero-order chi connectivity index (χ0) is 21.5. The summed E-state index contributed by atoms with van der Waals surface area (Å²) in [6, 6.07) is 9.80. The van der Waals surface area contributed by atoms with Gasteiger partial charge in [0.1, 0.15) is 23.1 Å². The minimum atomic E-state index is -0.689. The summed E-state index contributed by atoms with van der Waals surface area (Å²) in [7, 11) is 0. The van der Waals surface area contributed by atoms with E-state index in [0.717, 1.165) is 22.5 Å². The van der Waals surface area contributed by atoms with Crippen molar-refractivity contribution in [3.63, 3.8) is 0 Å². The molecule has 0 aliphatic carbocycles. The molecular weight excluding hydrogens is 422 g/mol. The van der Waals surface area contributed by atoms with Gasteiger partial charge in [0.25, 0.3) is 0 Å². The van der Waals surface area contributed by atoms with Crippen molar-refractivity contribution in [1.29, 1.82) is 0 Å². The van der Waals surface area contributed by atoms with E-state index in [4.69, 9.17) is 4.74 Å². The van der Waals surface area contributed by atoms with Crippen LogP contribution in [0.25, 0.3) is 10.9 Å². The Labute approximate surface area is 181 Å². The summed E-state index contributed by atoms with van der Waals surface area (Å²) >= 11 is 1.73. The van der Waals surface area contributed by atoms with E-state index in [2.05, 4.69) is 15.4 Å². The average Bonchev–Trinajstić information content (AvgIpc) is 3.36. The van der Waals surface area contributed by atoms with Gasteiger partial charge in [-0.1, -0.05) is 18.2 Å². The molecule has 0 saturated carbocycles. The number of halogens is 2. The molecule has 5 rings (SSSR count). The van der Waals surface area contributed by atoms with Gasteiger partial charge in [0, 0.05) is 40.2 Å². The van der Waals surface area contributed by atoms with Gasteiger partial charge in [-0.05, 0) is 13.0 Å². The van der Waals surface area contributed by atoms with Crippen molar-refractivity contribution in [2.45, 2.75) is 19.5 Å². The summed E-state index contributed by atoms with van der Waals surface area (Å²) in [6.07, 6.45) is 0. The number of hydrogen-bond donors (Lipinski definition) is 2. The van der Waals surface area contributed by atoms with Crippen LogP contribution >= 0.6 is 11.8 Å². The van der Waals surface area contributed by atoms with E-state index in [0.29, 0.717) is 23.7 Å². The summed E-state index contributed by atoms with van der Waals surface area (Å²) in [5.41, 5.74) is 2.03. The van der Waals surface area contributed by atoms with Crippen LogP contribution in [0.3, 0.4) is 0 Å². The zero-order valence-corrected chi connectivity index (χ0v) is 17.5. The molecular formula is C22H20F2N4O2S. The Morgan fingerprint density at radius 2 is 2.03 bits per heavy atom. The Bertz CT molecular complexity index is 1210. The van der Waals surface area contributed by atoms with Crippen molar-refractivity contribution in [1.82, 2.24) is 15.1 Å². The number of aliphatic hydroxyl groups is 1. The predicted molar refractivity (Wildman–Crippen MR) is 117 cm³/mol. The van der Waals surface area contributed by atoms with Crippen molar-refractivity contribution in [2.75, 3.05) is 18.1 Å². The number of aliphatic imine (C=N–C) groups is 1. The number of hydrogen-bond acceptors (Lipinski definition) is 6. The number of para-hydroxylation sites is 1. The topological polar surface area (TPSA) is 71.7 Å². The highest BCUT2D eigenvalue weighted by molar-refractivity contribution is 7.99. The number of aromatic nitrogens is 2. The van der Waals surface area contributed by atoms with Crippen LogP contribution in [-0.4, -0.2) is 44.9 Å². The van der Waals surface area contributed by atoms with Crippen LogP contribution < -0.4 is 10.1 Å². The first-order chi connectivity index (χ1) is 15.0. The fourth-order valence-corrected chi connectivity index (χ4v) is 5.08. The molecule has 6 nitrogen and oxygen atoms in total. The monoisotopic (exact) mass is 442 g/mol. The number of nitrogens with one attached hydrogen (secondary N) is 1. The quantitative estimate of drug-likeness (QED) is 0.625. The maximum Gasteiger partial charge on any atom is 0.214 e. The summed E-state index contributed by atoms with van der Waals surface area (Å²) in [4.78, 5) is 4.32. The van der Waals surface area contributed by atoms with E-state index in [1.54, 1.807) is 23.4 Å². The van der Waals surface area contributed by atoms with E-state index in [9.17, 15) is 13.9 Å². The molecule has 160 valence electrons. The number of fused-ring (bicyclic) bond motifs is 2. The Kier molecular flexibility index (Phi) is 5.05. The molecule has 3 aromatic rings. The second-order valence-corrected chi connectivity index (χ2v) is 8.37. The van der Waals surface area contributed by atoms with Gasteiger partial charge in [-0.3, -0.25) is 4.68 Å². The number of aliphatic hydroxyl groups excluding tert-OH is 1. The maximum atomic E-state index is 14.6. The largest absolute Gasteiger partial charge is 0.494 e. The summed E-state index contributed by atoms with van der Waals surface area (Å²) < 4.78 is 36.0. The minimum absolute atomic E-state index is 0.00223. The van der Waals surface area contributed by atoms with E-state index in [-0.39, 0.29) is 29.8 Å². The summed E-state index contributed by atoms with van der Waals surface area (Å²) in [6.45, 7) is 1.98. The minimum Gasteiger partial charge on any atom is -0.494 e. The van der Waals surface area contributed by atoms with Crippen molar-refractivity contribution in [3.8, 4) is 5.75 Å². The first-order valence-electron chi connectivity index (χ1n) is 9.96. The average molecular weight is 442 g/mol. The molecule has 0 amide bonds. The normalized spacial score (nSPS) is 18.2. The Morgan fingerprint density at radius 1 is 1.26 bits per heavy atom. The number of nitrogens with zero attached hydrogens (tertiary/aromatic N) is 3. The highest BCUT2D eigenvalue weighted by Gasteiger charge is 2.31. The third kappa shape index (κ3) is 3.52. The van der Waals surface area contributed by atoms with E-state index in [1.807, 2.05) is 24.3 Å². The highest BCUT2D eigenvalue weighted by Crippen LogP contribution is 2.30.